The van der Waals surface area contributed by atoms with E-state index >= 15 is 0 Å². The van der Waals surface area contributed by atoms with Crippen molar-refractivity contribution in [3.63, 3.8) is 0 Å². The number of rotatable bonds is 19. The second-order valence-corrected chi connectivity index (χ2v) is 16.8. The lowest BCUT2D eigenvalue weighted by Crippen LogP contribution is -2.51. The molecule has 2 aliphatic heterocycles. The molecule has 1 N–H and O–H groups in total. The van der Waals surface area contributed by atoms with Crippen molar-refractivity contribution in [2.75, 3.05) is 13.1 Å². The summed E-state index contributed by atoms with van der Waals surface area (Å²) < 4.78 is 43.9. The first kappa shape index (κ1) is 38.7. The Kier molecular flexibility index (Phi) is 13.5. The van der Waals surface area contributed by atoms with Gasteiger partial charge in [0.25, 0.3) is 0 Å². The van der Waals surface area contributed by atoms with Gasteiger partial charge < -0.3 is 15.0 Å². The van der Waals surface area contributed by atoms with Crippen LogP contribution < -0.4 is 5.32 Å². The van der Waals surface area contributed by atoms with Crippen LogP contribution in [0.2, 0.25) is 0 Å². The molecule has 2 bridgehead atoms. The fourth-order valence-electron chi connectivity index (χ4n) is 7.05. The molecular formula is C33H58N6O7S2. The number of hydrogen-bond donors (Lipinski definition) is 1. The topological polar surface area (TPSA) is 144 Å². The molecule has 2 saturated heterocycles. The van der Waals surface area contributed by atoms with Crippen molar-refractivity contribution in [1.82, 2.24) is 30.5 Å². The average molecular weight is 715 g/mol. The summed E-state index contributed by atoms with van der Waals surface area (Å²) in [5.74, 6) is 0.175. The molecule has 3 aliphatic rings. The molecule has 3 amide bonds. The van der Waals surface area contributed by atoms with Gasteiger partial charge in [-0.05, 0) is 72.1 Å². The first-order valence-corrected chi connectivity index (χ1v) is 20.2. The molecule has 1 aromatic rings. The monoisotopic (exact) mass is 714 g/mol. The molecule has 0 radical (unpaired) electrons. The number of carbonyl (C=O) groups is 2. The average Bonchev–Trinajstić information content (AvgIpc) is 3.57. The number of hydroxylamine groups is 4. The summed E-state index contributed by atoms with van der Waals surface area (Å²) in [4.78, 5) is 27.4. The van der Waals surface area contributed by atoms with Crippen LogP contribution in [0.1, 0.15) is 160 Å². The molecule has 0 aromatic carbocycles. The van der Waals surface area contributed by atoms with Crippen LogP contribution in [-0.4, -0.2) is 82.1 Å². The second-order valence-electron chi connectivity index (χ2n) is 14.7. The lowest BCUT2D eigenvalue weighted by molar-refractivity contribution is -0.172. The number of hydrogen-bond acceptors (Lipinski definition) is 11. The van der Waals surface area contributed by atoms with Gasteiger partial charge in [0.2, 0.25) is 0 Å². The molecule has 2 atom stereocenters. The van der Waals surface area contributed by atoms with Crippen molar-refractivity contribution in [2.45, 2.75) is 174 Å². The summed E-state index contributed by atoms with van der Waals surface area (Å²) in [5, 5.41) is 16.0. The van der Waals surface area contributed by atoms with Crippen LogP contribution in [0.5, 0.6) is 0 Å². The third-order valence-corrected chi connectivity index (χ3v) is 11.5. The predicted octanol–water partition coefficient (Wildman–Crippen LogP) is 7.38. The Hall–Kier alpha value is -2.07. The highest BCUT2D eigenvalue weighted by Crippen LogP contribution is 2.44. The zero-order chi connectivity index (χ0) is 35.1. The Bertz CT molecular complexity index is 1310. The lowest BCUT2D eigenvalue weighted by atomic mass is 9.81. The number of unbranched alkanes of at least 4 members (excludes halogenated alkanes) is 3. The van der Waals surface area contributed by atoms with Gasteiger partial charge in [-0.15, -0.1) is 14.5 Å². The van der Waals surface area contributed by atoms with Gasteiger partial charge in [0.05, 0.1) is 12.1 Å². The summed E-state index contributed by atoms with van der Waals surface area (Å²) in [6.07, 6.45) is 11.3. The van der Waals surface area contributed by atoms with Crippen molar-refractivity contribution in [3.8, 4) is 0 Å². The van der Waals surface area contributed by atoms with Crippen LogP contribution in [0.15, 0.2) is 0 Å². The summed E-state index contributed by atoms with van der Waals surface area (Å²) in [5.41, 5.74) is -0.975. The van der Waals surface area contributed by atoms with Crippen molar-refractivity contribution in [2.24, 2.45) is 0 Å². The number of amides is 3. The summed E-state index contributed by atoms with van der Waals surface area (Å²) in [6, 6.07) is -1.20. The zero-order valence-corrected chi connectivity index (χ0v) is 31.7. The SMILES string of the molecule is CCCCN(OS(=O)(=O)ON1C(=O)N2CC1CC[C@H]2c1nnc(C2CC(NC(=O)OC(C)(C)C)C2)s1)C(CCC)(CCCC)CCCC. The van der Waals surface area contributed by atoms with Gasteiger partial charge in [0, 0.05) is 30.6 Å². The molecule has 48 heavy (non-hydrogen) atoms. The molecule has 13 nitrogen and oxygen atoms in total. The molecule has 0 spiro atoms. The van der Waals surface area contributed by atoms with E-state index in [0.29, 0.717) is 25.9 Å². The number of urea groups is 1. The normalized spacial score (nSPS) is 23.1. The number of ether oxygens (including phenoxy) is 1. The summed E-state index contributed by atoms with van der Waals surface area (Å²) >= 11 is 1.48. The van der Waals surface area contributed by atoms with Crippen LogP contribution in [0.3, 0.4) is 0 Å². The van der Waals surface area contributed by atoms with E-state index in [2.05, 4.69) is 43.2 Å². The maximum Gasteiger partial charge on any atom is 0.437 e. The fraction of sp³-hybridized carbons (Fsp3) is 0.879. The van der Waals surface area contributed by atoms with E-state index < -0.39 is 39.7 Å². The first-order valence-electron chi connectivity index (χ1n) is 18.1. The van der Waals surface area contributed by atoms with Crippen LogP contribution in [0.25, 0.3) is 0 Å². The standard InChI is InChI=1S/C33H58N6O7S2/c1-8-12-18-33(17-11-4,19-13-9-2)38(20-14-10-3)45-48(42,43)46-39-26-15-16-27(37(23-26)31(39)41)29-36-35-28(47-29)24-21-25(22-24)34-30(40)44-32(5,6)7/h24-27H,8-23H2,1-7H3,(H,34,40)/t24?,25?,26?,27-/m0/s1. The van der Waals surface area contributed by atoms with Gasteiger partial charge in [-0.1, -0.05) is 77.6 Å². The molecular weight excluding hydrogens is 657 g/mol. The number of piperidine rings is 1. The van der Waals surface area contributed by atoms with Gasteiger partial charge in [-0.2, -0.15) is 22.8 Å². The molecule has 4 rings (SSSR count). The first-order chi connectivity index (χ1) is 22.7. The Morgan fingerprint density at radius 3 is 2.21 bits per heavy atom. The van der Waals surface area contributed by atoms with Crippen molar-refractivity contribution >= 4 is 33.9 Å². The smallest absolute Gasteiger partial charge is 0.437 e. The van der Waals surface area contributed by atoms with Gasteiger partial charge in [0.1, 0.15) is 15.6 Å². The van der Waals surface area contributed by atoms with Gasteiger partial charge in [0.15, 0.2) is 0 Å². The largest absolute Gasteiger partial charge is 0.444 e. The number of fused-ring (bicyclic) bond motifs is 2. The van der Waals surface area contributed by atoms with E-state index in [1.807, 2.05) is 20.8 Å². The van der Waals surface area contributed by atoms with E-state index in [1.54, 1.807) is 9.96 Å². The minimum absolute atomic E-state index is 0.0194. The minimum Gasteiger partial charge on any atom is -0.444 e. The molecule has 1 unspecified atom stereocenters. The van der Waals surface area contributed by atoms with Crippen molar-refractivity contribution < 1.29 is 31.3 Å². The maximum atomic E-state index is 13.6. The number of nitrogens with one attached hydrogen (secondary N) is 1. The molecule has 1 aromatic heterocycles. The highest BCUT2D eigenvalue weighted by Gasteiger charge is 2.50. The fourth-order valence-corrected chi connectivity index (χ4v) is 9.03. The maximum absolute atomic E-state index is 13.6. The Morgan fingerprint density at radius 2 is 1.60 bits per heavy atom. The molecule has 15 heteroatoms. The Morgan fingerprint density at radius 1 is 0.958 bits per heavy atom. The number of nitrogens with zero attached hydrogens (tertiary/aromatic N) is 5. The van der Waals surface area contributed by atoms with Crippen LogP contribution in [-0.2, 0) is 23.7 Å². The number of aromatic nitrogens is 2. The summed E-state index contributed by atoms with van der Waals surface area (Å²) in [7, 11) is -4.59. The van der Waals surface area contributed by atoms with E-state index in [4.69, 9.17) is 13.3 Å². The molecule has 1 aliphatic carbocycles. The van der Waals surface area contributed by atoms with E-state index in [1.165, 1.54) is 11.3 Å². The van der Waals surface area contributed by atoms with Crippen LogP contribution >= 0.6 is 11.3 Å². The van der Waals surface area contributed by atoms with E-state index in [0.717, 1.165) is 92.1 Å². The minimum atomic E-state index is -4.59. The third-order valence-electron chi connectivity index (χ3n) is 9.58. The van der Waals surface area contributed by atoms with Crippen LogP contribution in [0, 0.1) is 0 Å². The molecule has 3 fully saturated rings. The van der Waals surface area contributed by atoms with Gasteiger partial charge >= 0.3 is 22.5 Å². The zero-order valence-electron chi connectivity index (χ0n) is 30.0. The number of carbonyl (C=O) groups excluding carboxylic acids is 2. The van der Waals surface area contributed by atoms with Gasteiger partial charge in [-0.25, -0.2) is 9.59 Å². The quantitative estimate of drug-likeness (QED) is 0.144. The van der Waals surface area contributed by atoms with Crippen molar-refractivity contribution in [3.05, 3.63) is 10.0 Å². The Balaban J connectivity index is 1.40. The van der Waals surface area contributed by atoms with Crippen molar-refractivity contribution in [1.29, 1.82) is 0 Å². The second kappa shape index (κ2) is 16.8. The van der Waals surface area contributed by atoms with Gasteiger partial charge in [-0.3, -0.25) is 0 Å². The van der Waals surface area contributed by atoms with E-state index in [-0.39, 0.29) is 18.0 Å². The third kappa shape index (κ3) is 9.79. The summed E-state index contributed by atoms with van der Waals surface area (Å²) in [6.45, 7) is 14.8. The molecule has 1 saturated carbocycles. The Labute approximate surface area is 291 Å². The van der Waals surface area contributed by atoms with E-state index in [9.17, 15) is 18.0 Å². The number of alkyl carbamates (subject to hydrolysis) is 1. The highest BCUT2D eigenvalue weighted by atomic mass is 32.3. The lowest BCUT2D eigenvalue weighted by Gasteiger charge is -2.43. The molecule has 274 valence electrons. The molecule has 3 heterocycles. The van der Waals surface area contributed by atoms with Crippen LogP contribution in [0.4, 0.5) is 9.59 Å². The highest BCUT2D eigenvalue weighted by molar-refractivity contribution is 7.81. The predicted molar refractivity (Wildman–Crippen MR) is 184 cm³/mol.